The molecule has 0 aliphatic rings. The van der Waals surface area contributed by atoms with Crippen molar-refractivity contribution >= 4 is 17.7 Å². The van der Waals surface area contributed by atoms with Crippen molar-refractivity contribution in [1.82, 2.24) is 0 Å². The highest BCUT2D eigenvalue weighted by Gasteiger charge is 2.23. The molecule has 108 valence electrons. The summed E-state index contributed by atoms with van der Waals surface area (Å²) in [5.74, 6) is -0.922. The molecule has 0 aliphatic carbocycles. The number of benzene rings is 1. The Labute approximate surface area is 117 Å². The number of carbonyl (C=O) groups excluding carboxylic acids is 3. The minimum atomic E-state index is -0.598. The summed E-state index contributed by atoms with van der Waals surface area (Å²) in [5, 5.41) is 0. The van der Waals surface area contributed by atoms with Crippen LogP contribution >= 0.6 is 0 Å². The molecule has 0 spiro atoms. The molecule has 0 heterocycles. The summed E-state index contributed by atoms with van der Waals surface area (Å²) >= 11 is 0. The summed E-state index contributed by atoms with van der Waals surface area (Å²) in [4.78, 5) is 34.4. The third kappa shape index (κ3) is 4.50. The van der Waals surface area contributed by atoms with E-state index in [9.17, 15) is 14.4 Å². The lowest BCUT2D eigenvalue weighted by molar-refractivity contribution is -0.143. The second-order valence-corrected chi connectivity index (χ2v) is 5.34. The van der Waals surface area contributed by atoms with Crippen molar-refractivity contribution in [3.05, 3.63) is 29.8 Å². The second-order valence-electron chi connectivity index (χ2n) is 5.34. The Morgan fingerprint density at radius 3 is 2.05 bits per heavy atom. The number of esters is 2. The number of hydrogen-bond acceptors (Lipinski definition) is 5. The van der Waals surface area contributed by atoms with Crippen molar-refractivity contribution in [3.8, 4) is 5.75 Å². The van der Waals surface area contributed by atoms with Crippen LogP contribution in [0.4, 0.5) is 0 Å². The number of ketones is 1. The highest BCUT2D eigenvalue weighted by molar-refractivity contribution is 6.05. The summed E-state index contributed by atoms with van der Waals surface area (Å²) < 4.78 is 9.60. The molecule has 0 N–H and O–H groups in total. The monoisotopic (exact) mass is 278 g/mol. The molecular formula is C15H18O5. The van der Waals surface area contributed by atoms with Gasteiger partial charge in [-0.3, -0.25) is 14.4 Å². The van der Waals surface area contributed by atoms with Crippen LogP contribution in [0.15, 0.2) is 24.3 Å². The maximum absolute atomic E-state index is 11.7. The van der Waals surface area contributed by atoms with E-state index in [1.807, 2.05) is 0 Å². The molecule has 0 aromatic heterocycles. The van der Waals surface area contributed by atoms with Crippen LogP contribution in [-0.4, -0.2) is 24.8 Å². The van der Waals surface area contributed by atoms with Gasteiger partial charge in [0.2, 0.25) is 0 Å². The molecule has 0 unspecified atom stereocenters. The highest BCUT2D eigenvalue weighted by atomic mass is 16.5. The van der Waals surface area contributed by atoms with Crippen molar-refractivity contribution in [2.75, 3.05) is 7.11 Å². The van der Waals surface area contributed by atoms with E-state index in [0.717, 1.165) is 0 Å². The zero-order valence-corrected chi connectivity index (χ0v) is 12.1. The second kappa shape index (κ2) is 6.32. The van der Waals surface area contributed by atoms with E-state index in [2.05, 4.69) is 4.74 Å². The fourth-order valence-corrected chi connectivity index (χ4v) is 1.27. The molecular weight excluding hydrogens is 260 g/mol. The number of hydrogen-bond donors (Lipinski definition) is 0. The third-order valence-corrected chi connectivity index (χ3v) is 2.53. The van der Waals surface area contributed by atoms with E-state index < -0.39 is 11.4 Å². The number of Topliss-reactive ketones (excluding diaryl/α,β-unsaturated/α-hetero) is 1. The fraction of sp³-hybridized carbons (Fsp3) is 0.400. The molecule has 0 amide bonds. The Kier molecular flexibility index (Phi) is 5.02. The molecule has 5 nitrogen and oxygen atoms in total. The lowest BCUT2D eigenvalue weighted by Gasteiger charge is -2.16. The first-order chi connectivity index (χ1) is 9.24. The van der Waals surface area contributed by atoms with Gasteiger partial charge >= 0.3 is 11.9 Å². The zero-order valence-electron chi connectivity index (χ0n) is 12.1. The SMILES string of the molecule is COC(=O)CC(=O)c1ccc(OC(=O)C(C)(C)C)cc1. The maximum atomic E-state index is 11.7. The number of ether oxygens (including phenoxy) is 2. The third-order valence-electron chi connectivity index (χ3n) is 2.53. The minimum Gasteiger partial charge on any atom is -0.469 e. The largest absolute Gasteiger partial charge is 0.469 e. The first kappa shape index (κ1) is 15.9. The van der Waals surface area contributed by atoms with Gasteiger partial charge in [-0.25, -0.2) is 0 Å². The Balaban J connectivity index is 2.72. The van der Waals surface area contributed by atoms with Gasteiger partial charge in [-0.05, 0) is 45.0 Å². The van der Waals surface area contributed by atoms with Crippen LogP contribution < -0.4 is 4.74 Å². The molecule has 0 fully saturated rings. The number of carbonyl (C=O) groups is 3. The smallest absolute Gasteiger partial charge is 0.316 e. The number of rotatable bonds is 4. The Morgan fingerprint density at radius 2 is 1.60 bits per heavy atom. The van der Waals surface area contributed by atoms with Crippen LogP contribution in [0, 0.1) is 5.41 Å². The van der Waals surface area contributed by atoms with Gasteiger partial charge in [0, 0.05) is 5.56 Å². The van der Waals surface area contributed by atoms with Crippen LogP contribution in [0.2, 0.25) is 0 Å². The molecule has 1 aromatic carbocycles. The average Bonchev–Trinajstić information content (AvgIpc) is 2.38. The number of methoxy groups -OCH3 is 1. The van der Waals surface area contributed by atoms with E-state index in [4.69, 9.17) is 4.74 Å². The normalized spacial score (nSPS) is 10.8. The summed E-state index contributed by atoms with van der Waals surface area (Å²) in [6, 6.07) is 6.06. The predicted molar refractivity (Wildman–Crippen MR) is 72.5 cm³/mol. The molecule has 0 atom stereocenters. The van der Waals surface area contributed by atoms with E-state index in [0.29, 0.717) is 11.3 Å². The first-order valence-corrected chi connectivity index (χ1v) is 6.16. The van der Waals surface area contributed by atoms with Gasteiger partial charge in [-0.2, -0.15) is 0 Å². The van der Waals surface area contributed by atoms with Crippen molar-refractivity contribution < 1.29 is 23.9 Å². The summed E-state index contributed by atoms with van der Waals surface area (Å²) in [6.45, 7) is 5.26. The predicted octanol–water partition coefficient (Wildman–Crippen LogP) is 2.38. The fourth-order valence-electron chi connectivity index (χ4n) is 1.27. The Hall–Kier alpha value is -2.17. The molecule has 0 saturated heterocycles. The standard InChI is InChI=1S/C15H18O5/c1-15(2,3)14(18)20-11-7-5-10(6-8-11)12(16)9-13(17)19-4/h5-8H,9H2,1-4H3. The van der Waals surface area contributed by atoms with Gasteiger partial charge in [0.05, 0.1) is 12.5 Å². The van der Waals surface area contributed by atoms with Crippen LogP contribution in [0.1, 0.15) is 37.6 Å². The summed E-state index contributed by atoms with van der Waals surface area (Å²) in [6.07, 6.45) is -0.308. The van der Waals surface area contributed by atoms with Crippen molar-refractivity contribution in [2.24, 2.45) is 5.41 Å². The Bertz CT molecular complexity index is 508. The van der Waals surface area contributed by atoms with Gasteiger partial charge in [-0.15, -0.1) is 0 Å². The van der Waals surface area contributed by atoms with Crippen molar-refractivity contribution in [2.45, 2.75) is 27.2 Å². The first-order valence-electron chi connectivity index (χ1n) is 6.16. The highest BCUT2D eigenvalue weighted by Crippen LogP contribution is 2.20. The van der Waals surface area contributed by atoms with Crippen LogP contribution in [0.25, 0.3) is 0 Å². The quantitative estimate of drug-likeness (QED) is 0.366. The van der Waals surface area contributed by atoms with E-state index >= 15 is 0 Å². The van der Waals surface area contributed by atoms with E-state index in [1.54, 1.807) is 20.8 Å². The molecule has 0 radical (unpaired) electrons. The van der Waals surface area contributed by atoms with Crippen molar-refractivity contribution in [1.29, 1.82) is 0 Å². The molecule has 5 heteroatoms. The van der Waals surface area contributed by atoms with Crippen LogP contribution in [0.5, 0.6) is 5.75 Å². The van der Waals surface area contributed by atoms with Crippen LogP contribution in [0.3, 0.4) is 0 Å². The maximum Gasteiger partial charge on any atom is 0.316 e. The molecule has 20 heavy (non-hydrogen) atoms. The molecule has 0 aliphatic heterocycles. The molecule has 0 saturated carbocycles. The average molecular weight is 278 g/mol. The van der Waals surface area contributed by atoms with Gasteiger partial charge in [-0.1, -0.05) is 0 Å². The summed E-state index contributed by atoms with van der Waals surface area (Å²) in [5.41, 5.74) is -0.231. The van der Waals surface area contributed by atoms with E-state index in [1.165, 1.54) is 31.4 Å². The van der Waals surface area contributed by atoms with Gasteiger partial charge in [0.25, 0.3) is 0 Å². The lowest BCUT2D eigenvalue weighted by atomic mass is 9.97. The van der Waals surface area contributed by atoms with Crippen LogP contribution in [-0.2, 0) is 14.3 Å². The van der Waals surface area contributed by atoms with Gasteiger partial charge in [0.1, 0.15) is 12.2 Å². The Morgan fingerprint density at radius 1 is 1.05 bits per heavy atom. The molecule has 0 bridgehead atoms. The molecule has 1 aromatic rings. The summed E-state index contributed by atoms with van der Waals surface area (Å²) in [7, 11) is 1.23. The van der Waals surface area contributed by atoms with Crippen molar-refractivity contribution in [3.63, 3.8) is 0 Å². The minimum absolute atomic E-state index is 0.308. The van der Waals surface area contributed by atoms with Gasteiger partial charge < -0.3 is 9.47 Å². The zero-order chi connectivity index (χ0) is 15.3. The topological polar surface area (TPSA) is 69.7 Å². The lowest BCUT2D eigenvalue weighted by Crippen LogP contribution is -2.25. The molecule has 1 rings (SSSR count). The van der Waals surface area contributed by atoms with Gasteiger partial charge in [0.15, 0.2) is 5.78 Å². The van der Waals surface area contributed by atoms with E-state index in [-0.39, 0.29) is 18.2 Å².